The maximum absolute atomic E-state index is 5.86. The third-order valence-electron chi connectivity index (χ3n) is 3.20. The van der Waals surface area contributed by atoms with Crippen molar-refractivity contribution in [2.24, 2.45) is 5.73 Å². The number of hydrogen-bond donors (Lipinski definition) is 2. The van der Waals surface area contributed by atoms with Crippen molar-refractivity contribution in [3.8, 4) is 0 Å². The molecule has 20 heavy (non-hydrogen) atoms. The van der Waals surface area contributed by atoms with Crippen molar-refractivity contribution in [2.75, 3.05) is 5.32 Å². The van der Waals surface area contributed by atoms with Gasteiger partial charge in [-0.15, -0.1) is 11.3 Å². The van der Waals surface area contributed by atoms with Crippen LogP contribution in [-0.2, 0) is 0 Å². The second-order valence-electron chi connectivity index (χ2n) is 4.76. The van der Waals surface area contributed by atoms with Gasteiger partial charge >= 0.3 is 0 Å². The van der Waals surface area contributed by atoms with Crippen LogP contribution in [-0.4, -0.2) is 9.97 Å². The Morgan fingerprint density at radius 3 is 2.80 bits per heavy atom. The zero-order chi connectivity index (χ0) is 14.7. The molecule has 2 heterocycles. The number of aryl methyl sites for hydroxylation is 2. The molecule has 0 saturated heterocycles. The van der Waals surface area contributed by atoms with E-state index in [9.17, 15) is 0 Å². The molecule has 106 valence electrons. The van der Waals surface area contributed by atoms with Gasteiger partial charge in [0.25, 0.3) is 0 Å². The molecule has 5 heteroatoms. The van der Waals surface area contributed by atoms with E-state index in [1.54, 1.807) is 11.3 Å². The number of aromatic nitrogens is 1. The molecule has 0 aliphatic rings. The number of nitrogens with two attached hydrogens (primary N) is 1. The highest BCUT2D eigenvalue weighted by molar-refractivity contribution is 7.80. The van der Waals surface area contributed by atoms with Crippen molar-refractivity contribution in [3.63, 3.8) is 0 Å². The van der Waals surface area contributed by atoms with Crippen molar-refractivity contribution >= 4 is 34.2 Å². The molecular weight excluding hydrogens is 286 g/mol. The van der Waals surface area contributed by atoms with Gasteiger partial charge < -0.3 is 11.1 Å². The van der Waals surface area contributed by atoms with Gasteiger partial charge in [0.2, 0.25) is 0 Å². The fourth-order valence-corrected chi connectivity index (χ4v) is 3.42. The van der Waals surface area contributed by atoms with E-state index in [1.807, 2.05) is 19.9 Å². The quantitative estimate of drug-likeness (QED) is 0.821. The van der Waals surface area contributed by atoms with Crippen molar-refractivity contribution in [2.45, 2.75) is 33.2 Å². The molecule has 0 saturated carbocycles. The van der Waals surface area contributed by atoms with Gasteiger partial charge in [-0.05, 0) is 37.8 Å². The van der Waals surface area contributed by atoms with E-state index in [4.69, 9.17) is 18.0 Å². The Morgan fingerprint density at radius 2 is 2.25 bits per heavy atom. The highest BCUT2D eigenvalue weighted by Crippen LogP contribution is 2.29. The predicted molar refractivity (Wildman–Crippen MR) is 90.6 cm³/mol. The summed E-state index contributed by atoms with van der Waals surface area (Å²) in [6, 6.07) is 6.50. The normalized spacial score (nSPS) is 12.2. The van der Waals surface area contributed by atoms with Gasteiger partial charge in [-0.2, -0.15) is 0 Å². The fraction of sp³-hybridized carbons (Fsp3) is 0.333. The summed E-state index contributed by atoms with van der Waals surface area (Å²) < 4.78 is 0. The molecule has 3 N–H and O–H groups in total. The monoisotopic (exact) mass is 305 g/mol. The average molecular weight is 305 g/mol. The topological polar surface area (TPSA) is 50.9 Å². The van der Waals surface area contributed by atoms with Crippen LogP contribution < -0.4 is 11.1 Å². The number of nitrogens with one attached hydrogen (secondary N) is 1. The molecule has 1 unspecified atom stereocenters. The third kappa shape index (κ3) is 3.16. The summed E-state index contributed by atoms with van der Waals surface area (Å²) in [6.07, 6.45) is 0.998. The first-order valence-corrected chi connectivity index (χ1v) is 7.89. The second kappa shape index (κ2) is 6.33. The summed E-state index contributed by atoms with van der Waals surface area (Å²) in [6.45, 7) is 6.09. The Balaban J connectivity index is 2.39. The largest absolute Gasteiger partial charge is 0.389 e. The zero-order valence-corrected chi connectivity index (χ0v) is 13.6. The van der Waals surface area contributed by atoms with Crippen molar-refractivity contribution in [3.05, 3.63) is 45.4 Å². The lowest BCUT2D eigenvalue weighted by atomic mass is 10.1. The van der Waals surface area contributed by atoms with E-state index in [1.165, 1.54) is 4.88 Å². The number of hydrogen-bond acceptors (Lipinski definition) is 4. The molecule has 2 aromatic rings. The number of nitrogens with zero attached hydrogens (tertiary/aromatic N) is 1. The van der Waals surface area contributed by atoms with E-state index >= 15 is 0 Å². The van der Waals surface area contributed by atoms with Gasteiger partial charge in [0.1, 0.15) is 4.99 Å². The van der Waals surface area contributed by atoms with Crippen LogP contribution in [0.2, 0.25) is 0 Å². The zero-order valence-electron chi connectivity index (χ0n) is 11.9. The molecule has 2 aromatic heterocycles. The Morgan fingerprint density at radius 1 is 1.50 bits per heavy atom. The molecule has 3 nitrogen and oxygen atoms in total. The lowest BCUT2D eigenvalue weighted by Gasteiger charge is -2.20. The first-order valence-electron chi connectivity index (χ1n) is 6.61. The number of thiocarbonyl (C=S) groups is 1. The summed E-state index contributed by atoms with van der Waals surface area (Å²) >= 11 is 6.93. The smallest absolute Gasteiger partial charge is 0.107 e. The SMILES string of the molecule is CCC(Nc1cc(C)nc(C)c1C(N)=S)c1cccs1. The Kier molecular flexibility index (Phi) is 4.73. The summed E-state index contributed by atoms with van der Waals surface area (Å²) in [5.74, 6) is 0. The summed E-state index contributed by atoms with van der Waals surface area (Å²) in [5.41, 5.74) is 9.52. The van der Waals surface area contributed by atoms with Crippen LogP contribution in [0.3, 0.4) is 0 Å². The Labute approximate surface area is 129 Å². The van der Waals surface area contributed by atoms with Crippen molar-refractivity contribution < 1.29 is 0 Å². The summed E-state index contributed by atoms with van der Waals surface area (Å²) in [5, 5.41) is 5.66. The highest BCUT2D eigenvalue weighted by Gasteiger charge is 2.16. The van der Waals surface area contributed by atoms with Gasteiger partial charge in [0.15, 0.2) is 0 Å². The van der Waals surface area contributed by atoms with Crippen molar-refractivity contribution in [1.82, 2.24) is 4.98 Å². The maximum atomic E-state index is 5.86. The average Bonchev–Trinajstić information content (AvgIpc) is 2.88. The predicted octanol–water partition coefficient (Wildman–Crippen LogP) is 3.96. The molecule has 0 aliphatic heterocycles. The molecule has 0 fully saturated rings. The van der Waals surface area contributed by atoms with Gasteiger partial charge in [0, 0.05) is 22.0 Å². The van der Waals surface area contributed by atoms with E-state index in [0.29, 0.717) is 4.99 Å². The molecule has 0 aromatic carbocycles. The van der Waals surface area contributed by atoms with Gasteiger partial charge in [0.05, 0.1) is 11.6 Å². The fourth-order valence-electron chi connectivity index (χ4n) is 2.31. The molecule has 1 atom stereocenters. The van der Waals surface area contributed by atoms with Crippen LogP contribution in [0.5, 0.6) is 0 Å². The summed E-state index contributed by atoms with van der Waals surface area (Å²) in [7, 11) is 0. The van der Waals surface area contributed by atoms with Crippen LogP contribution in [0, 0.1) is 13.8 Å². The number of anilines is 1. The minimum Gasteiger partial charge on any atom is -0.389 e. The van der Waals surface area contributed by atoms with Gasteiger partial charge in [-0.25, -0.2) is 0 Å². The maximum Gasteiger partial charge on any atom is 0.107 e. The minimum absolute atomic E-state index is 0.268. The highest BCUT2D eigenvalue weighted by atomic mass is 32.1. The van der Waals surface area contributed by atoms with E-state index < -0.39 is 0 Å². The lowest BCUT2D eigenvalue weighted by Crippen LogP contribution is -2.18. The number of pyridine rings is 1. The van der Waals surface area contributed by atoms with Crippen LogP contribution in [0.25, 0.3) is 0 Å². The Hall–Kier alpha value is -1.46. The van der Waals surface area contributed by atoms with E-state index in [2.05, 4.69) is 34.7 Å². The second-order valence-corrected chi connectivity index (χ2v) is 6.18. The van der Waals surface area contributed by atoms with Crippen LogP contribution in [0.4, 0.5) is 5.69 Å². The number of rotatable bonds is 5. The minimum atomic E-state index is 0.268. The van der Waals surface area contributed by atoms with Crippen LogP contribution in [0.1, 0.15) is 41.2 Å². The molecule has 0 bridgehead atoms. The first-order chi connectivity index (χ1) is 9.52. The number of thiophene rings is 1. The molecular formula is C15H19N3S2. The molecule has 0 amide bonds. The van der Waals surface area contributed by atoms with Gasteiger partial charge in [-0.1, -0.05) is 25.2 Å². The molecule has 2 rings (SSSR count). The molecule has 0 radical (unpaired) electrons. The van der Waals surface area contributed by atoms with E-state index in [-0.39, 0.29) is 6.04 Å². The molecule has 0 aliphatic carbocycles. The van der Waals surface area contributed by atoms with Gasteiger partial charge in [-0.3, -0.25) is 4.98 Å². The van der Waals surface area contributed by atoms with Crippen LogP contribution >= 0.6 is 23.6 Å². The van der Waals surface area contributed by atoms with Crippen molar-refractivity contribution in [1.29, 1.82) is 0 Å². The first kappa shape index (κ1) is 14.9. The standard InChI is InChI=1S/C15H19N3S2/c1-4-11(13-6-5-7-20-13)18-12-8-9(2)17-10(3)14(12)15(16)19/h5-8,11H,4H2,1-3H3,(H2,16,19)(H,17,18). The van der Waals surface area contributed by atoms with Crippen LogP contribution in [0.15, 0.2) is 23.6 Å². The third-order valence-corrected chi connectivity index (χ3v) is 4.39. The Bertz CT molecular complexity index is 606. The van der Waals surface area contributed by atoms with E-state index in [0.717, 1.165) is 29.1 Å². The lowest BCUT2D eigenvalue weighted by molar-refractivity contribution is 0.763. The molecule has 0 spiro atoms. The summed E-state index contributed by atoms with van der Waals surface area (Å²) in [4.78, 5) is 6.15.